The lowest BCUT2D eigenvalue weighted by Crippen LogP contribution is -2.14. The van der Waals surface area contributed by atoms with E-state index in [-0.39, 0.29) is 17.4 Å². The van der Waals surface area contributed by atoms with Crippen LogP contribution in [0.1, 0.15) is 21.6 Å². The Bertz CT molecular complexity index is 807. The monoisotopic (exact) mass is 323 g/mol. The Hall–Kier alpha value is -3.28. The van der Waals surface area contributed by atoms with Crippen molar-refractivity contribution in [3.63, 3.8) is 0 Å². The minimum Gasteiger partial charge on any atom is -0.489 e. The van der Waals surface area contributed by atoms with Crippen molar-refractivity contribution in [3.05, 3.63) is 71.4 Å². The van der Waals surface area contributed by atoms with Crippen LogP contribution in [0.2, 0.25) is 0 Å². The van der Waals surface area contributed by atoms with Gasteiger partial charge in [0.05, 0.1) is 5.69 Å². The predicted octanol–water partition coefficient (Wildman–Crippen LogP) is 3.40. The summed E-state index contributed by atoms with van der Waals surface area (Å²) in [5, 5.41) is 6.42. The molecule has 6 nitrogen and oxygen atoms in total. The highest BCUT2D eigenvalue weighted by atomic mass is 16.5. The second-order valence-electron chi connectivity index (χ2n) is 5.26. The van der Waals surface area contributed by atoms with Gasteiger partial charge in [-0.2, -0.15) is 0 Å². The van der Waals surface area contributed by atoms with Crippen LogP contribution >= 0.6 is 0 Å². The molecule has 0 saturated carbocycles. The SMILES string of the molecule is Cc1noc(N)c1C(=O)Nc1ccc(OCc2ccccc2)cc1. The molecule has 0 fully saturated rings. The maximum Gasteiger partial charge on any atom is 0.263 e. The van der Waals surface area contributed by atoms with Gasteiger partial charge in [-0.15, -0.1) is 0 Å². The van der Waals surface area contributed by atoms with Gasteiger partial charge in [0.1, 0.15) is 17.9 Å². The Morgan fingerprint density at radius 2 is 1.88 bits per heavy atom. The number of ether oxygens (including phenoxy) is 1. The predicted molar refractivity (Wildman–Crippen MR) is 90.8 cm³/mol. The summed E-state index contributed by atoms with van der Waals surface area (Å²) in [6.07, 6.45) is 0. The maximum atomic E-state index is 12.2. The first-order chi connectivity index (χ1) is 11.6. The molecular formula is C18H17N3O3. The van der Waals surface area contributed by atoms with Crippen molar-refractivity contribution in [2.75, 3.05) is 11.1 Å². The molecule has 1 aromatic heterocycles. The third-order valence-corrected chi connectivity index (χ3v) is 3.48. The molecule has 0 unspecified atom stereocenters. The Morgan fingerprint density at radius 3 is 2.50 bits per heavy atom. The summed E-state index contributed by atoms with van der Waals surface area (Å²) in [5.41, 5.74) is 8.03. The zero-order chi connectivity index (χ0) is 16.9. The number of nitrogens with zero attached hydrogens (tertiary/aromatic N) is 1. The summed E-state index contributed by atoms with van der Waals surface area (Å²) in [7, 11) is 0. The molecule has 1 amide bonds. The molecule has 122 valence electrons. The number of carbonyl (C=O) groups is 1. The number of aryl methyl sites for hydroxylation is 1. The van der Waals surface area contributed by atoms with E-state index in [2.05, 4.69) is 10.5 Å². The molecule has 3 rings (SSSR count). The van der Waals surface area contributed by atoms with E-state index in [4.69, 9.17) is 15.0 Å². The fraction of sp³-hybridized carbons (Fsp3) is 0.111. The van der Waals surface area contributed by atoms with Crippen molar-refractivity contribution < 1.29 is 14.1 Å². The molecule has 3 N–H and O–H groups in total. The molecule has 1 heterocycles. The number of rotatable bonds is 5. The molecule has 0 aliphatic carbocycles. The van der Waals surface area contributed by atoms with Crippen molar-refractivity contribution in [3.8, 4) is 5.75 Å². The van der Waals surface area contributed by atoms with E-state index in [1.165, 1.54) is 0 Å². The highest BCUT2D eigenvalue weighted by Gasteiger charge is 2.18. The minimum absolute atomic E-state index is 0.00724. The quantitative estimate of drug-likeness (QED) is 0.751. The van der Waals surface area contributed by atoms with Crippen LogP contribution in [0.5, 0.6) is 5.75 Å². The van der Waals surface area contributed by atoms with Gasteiger partial charge < -0.3 is 20.3 Å². The molecule has 2 aromatic carbocycles. The van der Waals surface area contributed by atoms with Gasteiger partial charge >= 0.3 is 0 Å². The summed E-state index contributed by atoms with van der Waals surface area (Å²) < 4.78 is 10.5. The molecule has 6 heteroatoms. The second-order valence-corrected chi connectivity index (χ2v) is 5.26. The number of hydrogen-bond donors (Lipinski definition) is 2. The number of benzene rings is 2. The molecule has 0 bridgehead atoms. The molecule has 24 heavy (non-hydrogen) atoms. The molecule has 0 atom stereocenters. The van der Waals surface area contributed by atoms with Crippen LogP contribution in [0.4, 0.5) is 11.6 Å². The average Bonchev–Trinajstić information content (AvgIpc) is 2.94. The molecule has 0 spiro atoms. The van der Waals surface area contributed by atoms with Crippen molar-refractivity contribution in [2.24, 2.45) is 0 Å². The van der Waals surface area contributed by atoms with Gasteiger partial charge in [0.2, 0.25) is 5.88 Å². The zero-order valence-corrected chi connectivity index (χ0v) is 13.2. The van der Waals surface area contributed by atoms with Crippen molar-refractivity contribution in [1.82, 2.24) is 5.16 Å². The largest absolute Gasteiger partial charge is 0.489 e. The van der Waals surface area contributed by atoms with Gasteiger partial charge in [-0.05, 0) is 36.8 Å². The van der Waals surface area contributed by atoms with Gasteiger partial charge in [0.25, 0.3) is 5.91 Å². The van der Waals surface area contributed by atoms with Crippen LogP contribution in [0.15, 0.2) is 59.1 Å². The first-order valence-electron chi connectivity index (χ1n) is 7.43. The summed E-state index contributed by atoms with van der Waals surface area (Å²) in [5.74, 6) is 0.370. The van der Waals surface area contributed by atoms with E-state index in [9.17, 15) is 4.79 Å². The lowest BCUT2D eigenvalue weighted by molar-refractivity contribution is 0.102. The van der Waals surface area contributed by atoms with Gasteiger partial charge in [0.15, 0.2) is 0 Å². The van der Waals surface area contributed by atoms with E-state index >= 15 is 0 Å². The normalized spacial score (nSPS) is 10.4. The van der Waals surface area contributed by atoms with Gasteiger partial charge in [-0.3, -0.25) is 4.79 Å². The number of nitrogens with two attached hydrogens (primary N) is 1. The van der Waals surface area contributed by atoms with Crippen molar-refractivity contribution in [2.45, 2.75) is 13.5 Å². The van der Waals surface area contributed by atoms with Crippen LogP contribution in [0, 0.1) is 6.92 Å². The number of nitrogens with one attached hydrogen (secondary N) is 1. The maximum absolute atomic E-state index is 12.2. The van der Waals surface area contributed by atoms with Crippen LogP contribution in [-0.2, 0) is 6.61 Å². The molecule has 0 radical (unpaired) electrons. The Labute approximate surface area is 139 Å². The van der Waals surface area contributed by atoms with Gasteiger partial charge in [-0.25, -0.2) is 0 Å². The first-order valence-corrected chi connectivity index (χ1v) is 7.43. The van der Waals surface area contributed by atoms with Gasteiger partial charge in [0, 0.05) is 5.69 Å². The average molecular weight is 323 g/mol. The number of anilines is 2. The molecule has 3 aromatic rings. The molecule has 0 saturated heterocycles. The molecule has 0 aliphatic rings. The first kappa shape index (κ1) is 15.6. The summed E-state index contributed by atoms with van der Waals surface area (Å²) in [4.78, 5) is 12.2. The van der Waals surface area contributed by atoms with E-state index < -0.39 is 0 Å². The number of hydrogen-bond acceptors (Lipinski definition) is 5. The van der Waals surface area contributed by atoms with Crippen LogP contribution in [-0.4, -0.2) is 11.1 Å². The summed E-state index contributed by atoms with van der Waals surface area (Å²) in [6, 6.07) is 17.0. The summed E-state index contributed by atoms with van der Waals surface area (Å²) in [6.45, 7) is 2.15. The van der Waals surface area contributed by atoms with E-state index in [0.717, 1.165) is 11.3 Å². The number of nitrogen functional groups attached to an aromatic ring is 1. The van der Waals surface area contributed by atoms with Crippen LogP contribution < -0.4 is 15.8 Å². The highest BCUT2D eigenvalue weighted by molar-refractivity contribution is 6.07. The smallest absolute Gasteiger partial charge is 0.263 e. The fourth-order valence-electron chi connectivity index (χ4n) is 2.23. The zero-order valence-electron chi connectivity index (χ0n) is 13.2. The second kappa shape index (κ2) is 6.87. The van der Waals surface area contributed by atoms with Crippen molar-refractivity contribution in [1.29, 1.82) is 0 Å². The van der Waals surface area contributed by atoms with E-state index in [0.29, 0.717) is 18.0 Å². The third-order valence-electron chi connectivity index (χ3n) is 3.48. The number of aromatic nitrogens is 1. The highest BCUT2D eigenvalue weighted by Crippen LogP contribution is 2.20. The Balaban J connectivity index is 1.61. The van der Waals surface area contributed by atoms with Crippen molar-refractivity contribution >= 4 is 17.5 Å². The number of carbonyl (C=O) groups excluding carboxylic acids is 1. The van der Waals surface area contributed by atoms with E-state index in [1.54, 1.807) is 31.2 Å². The Morgan fingerprint density at radius 1 is 1.17 bits per heavy atom. The standard InChI is InChI=1S/C18H17N3O3/c1-12-16(17(19)24-21-12)18(22)20-14-7-9-15(10-8-14)23-11-13-5-3-2-4-6-13/h2-10H,11,19H2,1H3,(H,20,22). The number of amides is 1. The lowest BCUT2D eigenvalue weighted by atomic mass is 10.2. The lowest BCUT2D eigenvalue weighted by Gasteiger charge is -2.08. The summed E-state index contributed by atoms with van der Waals surface area (Å²) >= 11 is 0. The molecular weight excluding hydrogens is 306 g/mol. The van der Waals surface area contributed by atoms with Gasteiger partial charge in [-0.1, -0.05) is 35.5 Å². The third kappa shape index (κ3) is 3.55. The van der Waals surface area contributed by atoms with Crippen LogP contribution in [0.25, 0.3) is 0 Å². The fourth-order valence-corrected chi connectivity index (χ4v) is 2.23. The van der Waals surface area contributed by atoms with E-state index in [1.807, 2.05) is 30.3 Å². The van der Waals surface area contributed by atoms with Crippen LogP contribution in [0.3, 0.4) is 0 Å². The topological polar surface area (TPSA) is 90.4 Å². The Kier molecular flexibility index (Phi) is 4.47. The minimum atomic E-state index is -0.357. The molecule has 0 aliphatic heterocycles.